The molecule has 0 nitrogen and oxygen atoms in total. The SMILES string of the molecule is [3H]C(C)(C)C[C-](C)CC(C)(C)CC.[Y]. The normalized spacial score (nSPS) is 13.9. The van der Waals surface area contributed by atoms with Crippen molar-refractivity contribution in [3.63, 3.8) is 0 Å². The minimum Gasteiger partial charge on any atom is -0.316 e. The molecular formula is C12H25Y-. The van der Waals surface area contributed by atoms with Crippen LogP contribution in [0.4, 0.5) is 0 Å². The Balaban J connectivity index is 0. The van der Waals surface area contributed by atoms with Crippen molar-refractivity contribution in [2.45, 2.75) is 60.8 Å². The molecule has 0 aromatic rings. The Hall–Kier alpha value is 1.10. The predicted molar refractivity (Wildman–Crippen MR) is 57.1 cm³/mol. The Morgan fingerprint density at radius 1 is 1.38 bits per heavy atom. The Labute approximate surface area is 112 Å². The Bertz CT molecular complexity index is 147. The predicted octanol–water partition coefficient (Wildman–Crippen LogP) is 4.45. The zero-order valence-corrected chi connectivity index (χ0v) is 13.0. The van der Waals surface area contributed by atoms with Gasteiger partial charge in [-0.25, -0.2) is 0 Å². The van der Waals surface area contributed by atoms with E-state index >= 15 is 0 Å². The van der Waals surface area contributed by atoms with Gasteiger partial charge in [0.2, 0.25) is 0 Å². The van der Waals surface area contributed by atoms with E-state index in [9.17, 15) is 0 Å². The van der Waals surface area contributed by atoms with Crippen LogP contribution < -0.4 is 0 Å². The summed E-state index contributed by atoms with van der Waals surface area (Å²) in [5, 5.41) is 0. The average molecular weight is 260 g/mol. The standard InChI is InChI=1S/C12H25.Y/c1-7-12(5,6)9-11(4)8-10(2)3;/h10H,7-9H2,1-6H3;/q-1;/i10T;. The van der Waals surface area contributed by atoms with Crippen LogP contribution in [-0.4, -0.2) is 0 Å². The molecule has 1 heteroatoms. The molecule has 0 aliphatic heterocycles. The van der Waals surface area contributed by atoms with E-state index in [0.717, 1.165) is 12.8 Å². The van der Waals surface area contributed by atoms with Crippen molar-refractivity contribution in [1.29, 1.82) is 0 Å². The van der Waals surface area contributed by atoms with Crippen LogP contribution in [0.25, 0.3) is 0 Å². The van der Waals surface area contributed by atoms with Crippen LogP contribution in [0, 0.1) is 17.2 Å². The van der Waals surface area contributed by atoms with Crippen molar-refractivity contribution in [1.82, 2.24) is 0 Å². The van der Waals surface area contributed by atoms with Crippen LogP contribution in [0.2, 0.25) is 0 Å². The van der Waals surface area contributed by atoms with Crippen LogP contribution in [0.1, 0.15) is 62.2 Å². The van der Waals surface area contributed by atoms with Crippen molar-refractivity contribution in [2.75, 3.05) is 0 Å². The molecule has 13 heavy (non-hydrogen) atoms. The van der Waals surface area contributed by atoms with E-state index in [2.05, 4.69) is 27.7 Å². The Morgan fingerprint density at radius 3 is 2.15 bits per heavy atom. The molecule has 0 spiro atoms. The molecule has 0 unspecified atom stereocenters. The van der Waals surface area contributed by atoms with E-state index in [-0.39, 0.29) is 38.6 Å². The second kappa shape index (κ2) is 7.40. The monoisotopic (exact) mass is 260 g/mol. The van der Waals surface area contributed by atoms with E-state index in [4.69, 9.17) is 1.37 Å². The summed E-state index contributed by atoms with van der Waals surface area (Å²) < 4.78 is 7.81. The van der Waals surface area contributed by atoms with Crippen LogP contribution in [0.5, 0.6) is 0 Å². The van der Waals surface area contributed by atoms with E-state index in [1.54, 1.807) is 0 Å². The third-order valence-corrected chi connectivity index (χ3v) is 2.39. The number of hydrogen-bond donors (Lipinski definition) is 0. The quantitative estimate of drug-likeness (QED) is 0.640. The summed E-state index contributed by atoms with van der Waals surface area (Å²) in [6, 6.07) is 0. The van der Waals surface area contributed by atoms with Crippen molar-refractivity contribution in [2.24, 2.45) is 11.3 Å². The average Bonchev–Trinajstić information content (AvgIpc) is 1.81. The fourth-order valence-electron chi connectivity index (χ4n) is 1.61. The first kappa shape index (κ1) is 14.1. The minimum atomic E-state index is -0.298. The van der Waals surface area contributed by atoms with Gasteiger partial charge in [0.1, 0.15) is 0 Å². The molecule has 0 aliphatic rings. The van der Waals surface area contributed by atoms with Gasteiger partial charge in [0, 0.05) is 34.1 Å². The molecule has 0 aromatic heterocycles. The smallest absolute Gasteiger partial charge is 0.0271 e. The van der Waals surface area contributed by atoms with Crippen molar-refractivity contribution < 1.29 is 34.1 Å². The van der Waals surface area contributed by atoms with E-state index < -0.39 is 0 Å². The summed E-state index contributed by atoms with van der Waals surface area (Å²) in [4.78, 5) is 0. The first-order valence-corrected chi connectivity index (χ1v) is 4.97. The molecule has 1 radical (unpaired) electrons. The third-order valence-electron chi connectivity index (χ3n) is 2.39. The Kier molecular flexibility index (Phi) is 8.03. The fraction of sp³-hybridized carbons (Fsp3) is 0.917. The molecule has 77 valence electrons. The van der Waals surface area contributed by atoms with Gasteiger partial charge in [-0.05, 0) is 0 Å². The summed E-state index contributed by atoms with van der Waals surface area (Å²) >= 11 is 0. The largest absolute Gasteiger partial charge is 0.316 e. The molecule has 0 saturated carbocycles. The molecule has 0 fully saturated rings. The summed E-state index contributed by atoms with van der Waals surface area (Å²) in [5.74, 6) is 1.17. The van der Waals surface area contributed by atoms with Crippen molar-refractivity contribution in [3.05, 3.63) is 5.92 Å². The van der Waals surface area contributed by atoms with Gasteiger partial charge in [-0.1, -0.05) is 52.3 Å². The summed E-state index contributed by atoms with van der Waals surface area (Å²) in [6.07, 6.45) is 3.30. The summed E-state index contributed by atoms with van der Waals surface area (Å²) in [5.41, 5.74) is 0.412. The molecule has 0 rings (SSSR count). The van der Waals surface area contributed by atoms with Crippen LogP contribution in [0.3, 0.4) is 0 Å². The second-order valence-electron chi connectivity index (χ2n) is 5.04. The first-order chi connectivity index (χ1) is 5.66. The molecule has 0 N–H and O–H groups in total. The van der Waals surface area contributed by atoms with Crippen molar-refractivity contribution in [3.8, 4) is 0 Å². The zero-order valence-electron chi connectivity index (χ0n) is 11.2. The van der Waals surface area contributed by atoms with Crippen LogP contribution >= 0.6 is 0 Å². The molecule has 0 amide bonds. The van der Waals surface area contributed by atoms with Crippen molar-refractivity contribution >= 4 is 0 Å². The summed E-state index contributed by atoms with van der Waals surface area (Å²) in [7, 11) is 0. The van der Waals surface area contributed by atoms with Crippen LogP contribution in [0.15, 0.2) is 0 Å². The molecule has 0 heterocycles. The number of rotatable bonds is 5. The van der Waals surface area contributed by atoms with Crippen LogP contribution in [-0.2, 0) is 32.7 Å². The topological polar surface area (TPSA) is 0 Å². The van der Waals surface area contributed by atoms with Gasteiger partial charge in [-0.15, -0.1) is 0 Å². The molecule has 0 bridgehead atoms. The molecular weight excluding hydrogens is 233 g/mol. The first-order valence-electron chi connectivity index (χ1n) is 5.47. The maximum Gasteiger partial charge on any atom is 0.0271 e. The maximum absolute atomic E-state index is 7.81. The molecule has 0 saturated heterocycles. The maximum atomic E-state index is 7.81. The van der Waals surface area contributed by atoms with Gasteiger partial charge in [-0.2, -0.15) is 19.8 Å². The fourth-order valence-corrected chi connectivity index (χ4v) is 1.61. The van der Waals surface area contributed by atoms with E-state index in [0.29, 0.717) is 5.41 Å². The van der Waals surface area contributed by atoms with Gasteiger partial charge in [0.15, 0.2) is 0 Å². The van der Waals surface area contributed by atoms with Gasteiger partial charge in [0.25, 0.3) is 0 Å². The van der Waals surface area contributed by atoms with E-state index in [1.807, 2.05) is 13.8 Å². The third kappa shape index (κ3) is 9.41. The second-order valence-corrected chi connectivity index (χ2v) is 5.04. The molecule has 0 aromatic carbocycles. The van der Waals surface area contributed by atoms with Gasteiger partial charge in [0.05, 0.1) is 0 Å². The molecule has 0 atom stereocenters. The zero-order chi connectivity index (χ0) is 10.7. The minimum absolute atomic E-state index is 0. The van der Waals surface area contributed by atoms with Gasteiger partial charge < -0.3 is 5.92 Å². The van der Waals surface area contributed by atoms with Gasteiger partial charge in [-0.3, -0.25) is 0 Å². The molecule has 0 aliphatic carbocycles. The summed E-state index contributed by atoms with van der Waals surface area (Å²) in [6.45, 7) is 13.0. The Morgan fingerprint density at radius 2 is 1.85 bits per heavy atom. The number of hydrogen-bond acceptors (Lipinski definition) is 0. The van der Waals surface area contributed by atoms with Gasteiger partial charge >= 0.3 is 0 Å². The van der Waals surface area contributed by atoms with E-state index in [1.165, 1.54) is 12.3 Å².